The average Bonchev–Trinajstić information content (AvgIpc) is 3.04. The maximum Gasteiger partial charge on any atom is 0.237 e. The summed E-state index contributed by atoms with van der Waals surface area (Å²) in [7, 11) is 1.61. The van der Waals surface area contributed by atoms with Gasteiger partial charge in [-0.25, -0.2) is 0 Å². The van der Waals surface area contributed by atoms with Gasteiger partial charge in [0, 0.05) is 9.92 Å². The van der Waals surface area contributed by atoms with E-state index in [4.69, 9.17) is 32.5 Å². The molecular weight excluding hydrogens is 355 g/mol. The molecule has 0 aliphatic rings. The number of methoxy groups -OCH3 is 1. The van der Waals surface area contributed by atoms with Crippen LogP contribution in [0.2, 0.25) is 10.0 Å². The normalized spacial score (nSPS) is 10.7. The fourth-order valence-corrected chi connectivity index (χ4v) is 3.31. The predicted octanol–water partition coefficient (Wildman–Crippen LogP) is 5.34. The third-order valence-electron chi connectivity index (χ3n) is 3.06. The van der Waals surface area contributed by atoms with E-state index in [1.54, 1.807) is 19.2 Å². The Kier molecular flexibility index (Phi) is 5.10. The molecule has 2 aromatic carbocycles. The van der Waals surface area contributed by atoms with Gasteiger partial charge in [-0.2, -0.15) is 4.98 Å². The number of halogens is 2. The molecule has 0 spiro atoms. The first-order chi connectivity index (χ1) is 11.2. The van der Waals surface area contributed by atoms with Crippen LogP contribution in [0.4, 0.5) is 0 Å². The minimum absolute atomic E-state index is 0.496. The number of aromatic nitrogens is 2. The topological polar surface area (TPSA) is 48.2 Å². The molecule has 0 aliphatic carbocycles. The van der Waals surface area contributed by atoms with Gasteiger partial charge in [-0.15, -0.1) is 11.8 Å². The molecular formula is C16H12Cl2N2O2S. The van der Waals surface area contributed by atoms with Crippen molar-refractivity contribution in [3.05, 3.63) is 58.4 Å². The minimum Gasteiger partial charge on any atom is -0.496 e. The van der Waals surface area contributed by atoms with E-state index in [1.165, 1.54) is 11.8 Å². The van der Waals surface area contributed by atoms with E-state index in [9.17, 15) is 0 Å². The quantitative estimate of drug-likeness (QED) is 0.570. The maximum atomic E-state index is 6.14. The summed E-state index contributed by atoms with van der Waals surface area (Å²) >= 11 is 13.6. The number of hydrogen-bond acceptors (Lipinski definition) is 5. The molecule has 0 aliphatic heterocycles. The molecule has 7 heteroatoms. The lowest BCUT2D eigenvalue weighted by Gasteiger charge is -2.03. The van der Waals surface area contributed by atoms with Gasteiger partial charge < -0.3 is 9.26 Å². The first-order valence-electron chi connectivity index (χ1n) is 6.71. The van der Waals surface area contributed by atoms with E-state index in [-0.39, 0.29) is 0 Å². The largest absolute Gasteiger partial charge is 0.496 e. The van der Waals surface area contributed by atoms with Crippen molar-refractivity contribution in [1.82, 2.24) is 10.1 Å². The molecule has 0 bridgehead atoms. The van der Waals surface area contributed by atoms with Crippen molar-refractivity contribution in [3.63, 3.8) is 0 Å². The molecule has 0 fully saturated rings. The van der Waals surface area contributed by atoms with Crippen molar-refractivity contribution in [3.8, 4) is 17.1 Å². The molecule has 118 valence electrons. The van der Waals surface area contributed by atoms with Crippen molar-refractivity contribution in [1.29, 1.82) is 0 Å². The summed E-state index contributed by atoms with van der Waals surface area (Å²) < 4.78 is 10.6. The summed E-state index contributed by atoms with van der Waals surface area (Å²) in [6.45, 7) is 0. The second-order valence-electron chi connectivity index (χ2n) is 4.58. The van der Waals surface area contributed by atoms with Gasteiger partial charge in [-0.1, -0.05) is 40.5 Å². The Labute approximate surface area is 147 Å². The molecule has 0 amide bonds. The Hall–Kier alpha value is -1.69. The first kappa shape index (κ1) is 16.2. The molecule has 0 saturated heterocycles. The van der Waals surface area contributed by atoms with Gasteiger partial charge in [-0.3, -0.25) is 0 Å². The van der Waals surface area contributed by atoms with Crippen molar-refractivity contribution in [2.24, 2.45) is 0 Å². The van der Waals surface area contributed by atoms with Crippen LogP contribution in [0.1, 0.15) is 5.89 Å². The van der Waals surface area contributed by atoms with Crippen molar-refractivity contribution in [2.45, 2.75) is 10.6 Å². The molecule has 0 atom stereocenters. The van der Waals surface area contributed by atoms with E-state index in [0.717, 1.165) is 10.5 Å². The van der Waals surface area contributed by atoms with Gasteiger partial charge in [0.1, 0.15) is 5.75 Å². The highest BCUT2D eigenvalue weighted by Gasteiger charge is 2.13. The molecule has 0 unspecified atom stereocenters. The Morgan fingerprint density at radius 3 is 2.83 bits per heavy atom. The fourth-order valence-electron chi connectivity index (χ4n) is 1.98. The summed E-state index contributed by atoms with van der Waals surface area (Å²) in [4.78, 5) is 5.27. The van der Waals surface area contributed by atoms with Gasteiger partial charge in [0.2, 0.25) is 11.7 Å². The predicted molar refractivity (Wildman–Crippen MR) is 92.3 cm³/mol. The highest BCUT2D eigenvalue weighted by atomic mass is 35.5. The van der Waals surface area contributed by atoms with Crippen molar-refractivity contribution >= 4 is 35.0 Å². The van der Waals surface area contributed by atoms with E-state index >= 15 is 0 Å². The van der Waals surface area contributed by atoms with Crippen LogP contribution >= 0.6 is 35.0 Å². The van der Waals surface area contributed by atoms with Gasteiger partial charge in [0.05, 0.1) is 23.4 Å². The molecule has 1 heterocycles. The number of rotatable bonds is 5. The van der Waals surface area contributed by atoms with Gasteiger partial charge >= 0.3 is 0 Å². The van der Waals surface area contributed by atoms with E-state index < -0.39 is 0 Å². The molecule has 0 N–H and O–H groups in total. The standard InChI is InChI=1S/C16H12Cl2N2O2S/c1-21-13-5-3-2-4-11(13)16-19-15(22-20-16)9-23-14-8-10(17)6-7-12(14)18/h2-8H,9H2,1H3. The second kappa shape index (κ2) is 7.25. The van der Waals surface area contributed by atoms with Crippen molar-refractivity contribution in [2.75, 3.05) is 7.11 Å². The molecule has 3 aromatic rings. The third-order valence-corrected chi connectivity index (χ3v) is 4.78. The summed E-state index contributed by atoms with van der Waals surface area (Å²) in [6, 6.07) is 12.8. The lowest BCUT2D eigenvalue weighted by molar-refractivity contribution is 0.390. The molecule has 0 saturated carbocycles. The SMILES string of the molecule is COc1ccccc1-c1noc(CSc2cc(Cl)ccc2Cl)n1. The van der Waals surface area contributed by atoms with Crippen LogP contribution in [0.3, 0.4) is 0 Å². The molecule has 0 radical (unpaired) electrons. The zero-order chi connectivity index (χ0) is 16.2. The Balaban J connectivity index is 1.76. The van der Waals surface area contributed by atoms with Gasteiger partial charge in [-0.05, 0) is 30.3 Å². The Bertz CT molecular complexity index is 823. The lowest BCUT2D eigenvalue weighted by Crippen LogP contribution is -1.89. The van der Waals surface area contributed by atoms with Crippen LogP contribution in [0.15, 0.2) is 51.9 Å². The van der Waals surface area contributed by atoms with Crippen LogP contribution in [0, 0.1) is 0 Å². The Morgan fingerprint density at radius 2 is 2.00 bits per heavy atom. The Morgan fingerprint density at radius 1 is 1.17 bits per heavy atom. The van der Waals surface area contributed by atoms with Crippen LogP contribution < -0.4 is 4.74 Å². The molecule has 1 aromatic heterocycles. The number of nitrogens with zero attached hydrogens (tertiary/aromatic N) is 2. The minimum atomic E-state index is 0.496. The zero-order valence-electron chi connectivity index (χ0n) is 12.1. The summed E-state index contributed by atoms with van der Waals surface area (Å²) in [5.41, 5.74) is 0.788. The van der Waals surface area contributed by atoms with Crippen LogP contribution in [-0.4, -0.2) is 17.3 Å². The number of ether oxygens (including phenoxy) is 1. The van der Waals surface area contributed by atoms with E-state index in [0.29, 0.717) is 33.3 Å². The van der Waals surface area contributed by atoms with Gasteiger partial charge in [0.25, 0.3) is 0 Å². The smallest absolute Gasteiger partial charge is 0.237 e. The highest BCUT2D eigenvalue weighted by molar-refractivity contribution is 7.98. The third kappa shape index (κ3) is 3.80. The first-order valence-corrected chi connectivity index (χ1v) is 8.45. The molecule has 23 heavy (non-hydrogen) atoms. The van der Waals surface area contributed by atoms with Crippen molar-refractivity contribution < 1.29 is 9.26 Å². The zero-order valence-corrected chi connectivity index (χ0v) is 14.5. The van der Waals surface area contributed by atoms with E-state index in [2.05, 4.69) is 10.1 Å². The summed E-state index contributed by atoms with van der Waals surface area (Å²) in [5.74, 6) is 2.20. The van der Waals surface area contributed by atoms with Crippen LogP contribution in [-0.2, 0) is 5.75 Å². The average molecular weight is 367 g/mol. The maximum absolute atomic E-state index is 6.14. The number of para-hydroxylation sites is 1. The summed E-state index contributed by atoms with van der Waals surface area (Å²) in [5, 5.41) is 5.29. The lowest BCUT2D eigenvalue weighted by atomic mass is 10.2. The summed E-state index contributed by atoms with van der Waals surface area (Å²) in [6.07, 6.45) is 0. The van der Waals surface area contributed by atoms with Gasteiger partial charge in [0.15, 0.2) is 0 Å². The number of hydrogen-bond donors (Lipinski definition) is 0. The monoisotopic (exact) mass is 366 g/mol. The van der Waals surface area contributed by atoms with E-state index in [1.807, 2.05) is 30.3 Å². The number of benzene rings is 2. The molecule has 3 rings (SSSR count). The molecule has 4 nitrogen and oxygen atoms in total. The van der Waals surface area contributed by atoms with Crippen LogP contribution in [0.5, 0.6) is 5.75 Å². The van der Waals surface area contributed by atoms with Crippen LogP contribution in [0.25, 0.3) is 11.4 Å². The fraction of sp³-hybridized carbons (Fsp3) is 0.125. The number of thioether (sulfide) groups is 1. The highest BCUT2D eigenvalue weighted by Crippen LogP contribution is 2.33. The second-order valence-corrected chi connectivity index (χ2v) is 6.44.